The molecule has 1 aliphatic carbocycles. The Morgan fingerprint density at radius 3 is 2.78 bits per heavy atom. The van der Waals surface area contributed by atoms with Crippen LogP contribution >= 0.6 is 0 Å². The predicted molar refractivity (Wildman–Crippen MR) is 70.9 cm³/mol. The summed E-state index contributed by atoms with van der Waals surface area (Å²) in [7, 11) is 3.36. The van der Waals surface area contributed by atoms with Gasteiger partial charge in [0.05, 0.1) is 18.8 Å². The van der Waals surface area contributed by atoms with Gasteiger partial charge in [0.25, 0.3) is 0 Å². The number of ether oxygens (including phenoxy) is 2. The maximum atomic E-state index is 10.9. The Hall–Kier alpha value is -1.06. The smallest absolute Gasteiger partial charge is 0.124 e. The van der Waals surface area contributed by atoms with Gasteiger partial charge in [-0.25, -0.2) is 0 Å². The maximum Gasteiger partial charge on any atom is 0.124 e. The van der Waals surface area contributed by atoms with Crippen LogP contribution in [0.1, 0.15) is 36.8 Å². The molecule has 1 N–H and O–H groups in total. The van der Waals surface area contributed by atoms with Crippen LogP contribution in [0.25, 0.3) is 0 Å². The van der Waals surface area contributed by atoms with Crippen LogP contribution < -0.4 is 4.74 Å². The quantitative estimate of drug-likeness (QED) is 0.896. The van der Waals surface area contributed by atoms with Crippen LogP contribution in [0.2, 0.25) is 0 Å². The second kappa shape index (κ2) is 5.29. The fourth-order valence-electron chi connectivity index (χ4n) is 2.83. The molecule has 0 aromatic heterocycles. The highest BCUT2D eigenvalue weighted by atomic mass is 16.5. The SMILES string of the molecule is COc1ccc(C)cc1C1(O)CCCC(OC)C1. The van der Waals surface area contributed by atoms with Crippen molar-refractivity contribution in [3.05, 3.63) is 29.3 Å². The molecule has 1 saturated carbocycles. The van der Waals surface area contributed by atoms with E-state index in [1.807, 2.05) is 25.1 Å². The van der Waals surface area contributed by atoms with E-state index in [1.54, 1.807) is 14.2 Å². The summed E-state index contributed by atoms with van der Waals surface area (Å²) in [6.45, 7) is 2.03. The van der Waals surface area contributed by atoms with E-state index in [1.165, 1.54) is 0 Å². The molecule has 0 aliphatic heterocycles. The molecule has 0 spiro atoms. The van der Waals surface area contributed by atoms with Crippen LogP contribution in [-0.2, 0) is 10.3 Å². The Balaban J connectivity index is 2.36. The standard InChI is InChI=1S/C15H22O3/c1-11-6-7-14(18-3)13(9-11)15(16)8-4-5-12(10-15)17-2/h6-7,9,12,16H,4-5,8,10H2,1-3H3. The van der Waals surface area contributed by atoms with Crippen molar-refractivity contribution in [3.63, 3.8) is 0 Å². The molecule has 1 aliphatic rings. The van der Waals surface area contributed by atoms with Crippen molar-refractivity contribution in [3.8, 4) is 5.75 Å². The zero-order valence-electron chi connectivity index (χ0n) is 11.4. The number of methoxy groups -OCH3 is 2. The van der Waals surface area contributed by atoms with E-state index in [4.69, 9.17) is 9.47 Å². The second-order valence-corrected chi connectivity index (χ2v) is 5.19. The molecule has 100 valence electrons. The van der Waals surface area contributed by atoms with Crippen molar-refractivity contribution >= 4 is 0 Å². The van der Waals surface area contributed by atoms with E-state index in [2.05, 4.69) is 0 Å². The van der Waals surface area contributed by atoms with Crippen molar-refractivity contribution in [2.45, 2.75) is 44.3 Å². The third-order valence-corrected chi connectivity index (χ3v) is 3.87. The molecule has 2 atom stereocenters. The molecule has 3 heteroatoms. The fourth-order valence-corrected chi connectivity index (χ4v) is 2.83. The molecule has 2 rings (SSSR count). The lowest BCUT2D eigenvalue weighted by molar-refractivity contribution is -0.0642. The molecular formula is C15H22O3. The first-order valence-electron chi connectivity index (χ1n) is 6.49. The fraction of sp³-hybridized carbons (Fsp3) is 0.600. The number of aryl methyl sites for hydroxylation is 1. The predicted octanol–water partition coefficient (Wildman–Crippen LogP) is 2.78. The molecule has 2 unspecified atom stereocenters. The van der Waals surface area contributed by atoms with Gasteiger partial charge in [0.15, 0.2) is 0 Å². The molecule has 18 heavy (non-hydrogen) atoms. The lowest BCUT2D eigenvalue weighted by Crippen LogP contribution is -2.36. The summed E-state index contributed by atoms with van der Waals surface area (Å²) in [6.07, 6.45) is 3.55. The van der Waals surface area contributed by atoms with E-state index >= 15 is 0 Å². The summed E-state index contributed by atoms with van der Waals surface area (Å²) < 4.78 is 10.8. The van der Waals surface area contributed by atoms with Crippen LogP contribution in [0.5, 0.6) is 5.75 Å². The summed E-state index contributed by atoms with van der Waals surface area (Å²) in [5, 5.41) is 10.9. The first-order valence-corrected chi connectivity index (χ1v) is 6.49. The van der Waals surface area contributed by atoms with Crippen LogP contribution in [0, 0.1) is 6.92 Å². The van der Waals surface area contributed by atoms with E-state index in [0.29, 0.717) is 6.42 Å². The second-order valence-electron chi connectivity index (χ2n) is 5.19. The lowest BCUT2D eigenvalue weighted by atomic mass is 9.77. The maximum absolute atomic E-state index is 10.9. The monoisotopic (exact) mass is 250 g/mol. The molecule has 1 aromatic carbocycles. The van der Waals surface area contributed by atoms with Crippen molar-refractivity contribution in [1.29, 1.82) is 0 Å². The van der Waals surface area contributed by atoms with Crippen molar-refractivity contribution < 1.29 is 14.6 Å². The Labute approximate surface area is 109 Å². The minimum atomic E-state index is -0.823. The number of aliphatic hydroxyl groups is 1. The largest absolute Gasteiger partial charge is 0.496 e. The van der Waals surface area contributed by atoms with E-state index in [-0.39, 0.29) is 6.10 Å². The summed E-state index contributed by atoms with van der Waals surface area (Å²) in [5.41, 5.74) is 1.21. The van der Waals surface area contributed by atoms with Gasteiger partial charge in [-0.3, -0.25) is 0 Å². The topological polar surface area (TPSA) is 38.7 Å². The van der Waals surface area contributed by atoms with E-state index in [9.17, 15) is 5.11 Å². The van der Waals surface area contributed by atoms with Gasteiger partial charge < -0.3 is 14.6 Å². The van der Waals surface area contributed by atoms with Gasteiger partial charge in [-0.15, -0.1) is 0 Å². The third kappa shape index (κ3) is 2.52. The van der Waals surface area contributed by atoms with Gasteiger partial charge in [0, 0.05) is 19.1 Å². The van der Waals surface area contributed by atoms with Gasteiger partial charge in [-0.2, -0.15) is 0 Å². The first kappa shape index (κ1) is 13.4. The molecule has 0 heterocycles. The Morgan fingerprint density at radius 2 is 2.11 bits per heavy atom. The average molecular weight is 250 g/mol. The Kier molecular flexibility index (Phi) is 3.93. The van der Waals surface area contributed by atoms with Crippen LogP contribution in [0.15, 0.2) is 18.2 Å². The average Bonchev–Trinajstić information content (AvgIpc) is 2.38. The van der Waals surface area contributed by atoms with Crippen molar-refractivity contribution in [2.75, 3.05) is 14.2 Å². The molecule has 0 amide bonds. The highest BCUT2D eigenvalue weighted by Gasteiger charge is 2.38. The molecule has 0 saturated heterocycles. The minimum Gasteiger partial charge on any atom is -0.496 e. The van der Waals surface area contributed by atoms with Gasteiger partial charge in [0.1, 0.15) is 5.75 Å². The van der Waals surface area contributed by atoms with Gasteiger partial charge in [-0.1, -0.05) is 11.6 Å². The molecule has 0 bridgehead atoms. The number of hydrogen-bond donors (Lipinski definition) is 1. The number of hydrogen-bond acceptors (Lipinski definition) is 3. The molecular weight excluding hydrogens is 228 g/mol. The summed E-state index contributed by atoms with van der Waals surface area (Å²) in [6, 6.07) is 5.96. The molecule has 0 radical (unpaired) electrons. The summed E-state index contributed by atoms with van der Waals surface area (Å²) in [4.78, 5) is 0. The normalized spacial score (nSPS) is 28.1. The summed E-state index contributed by atoms with van der Waals surface area (Å²) in [5.74, 6) is 0.764. The lowest BCUT2D eigenvalue weighted by Gasteiger charge is -2.37. The third-order valence-electron chi connectivity index (χ3n) is 3.87. The van der Waals surface area contributed by atoms with Gasteiger partial charge in [0.2, 0.25) is 0 Å². The molecule has 1 fully saturated rings. The van der Waals surface area contributed by atoms with Crippen LogP contribution in [0.3, 0.4) is 0 Å². The number of benzene rings is 1. The number of rotatable bonds is 3. The molecule has 1 aromatic rings. The van der Waals surface area contributed by atoms with Crippen LogP contribution in [-0.4, -0.2) is 25.4 Å². The Morgan fingerprint density at radius 1 is 1.33 bits per heavy atom. The Bertz CT molecular complexity index is 416. The van der Waals surface area contributed by atoms with E-state index in [0.717, 1.165) is 36.1 Å². The van der Waals surface area contributed by atoms with Crippen molar-refractivity contribution in [1.82, 2.24) is 0 Å². The highest BCUT2D eigenvalue weighted by molar-refractivity contribution is 5.41. The van der Waals surface area contributed by atoms with Gasteiger partial charge >= 0.3 is 0 Å². The first-order chi connectivity index (χ1) is 8.59. The van der Waals surface area contributed by atoms with Crippen LogP contribution in [0.4, 0.5) is 0 Å². The van der Waals surface area contributed by atoms with E-state index < -0.39 is 5.60 Å². The zero-order valence-corrected chi connectivity index (χ0v) is 11.4. The van der Waals surface area contributed by atoms with Gasteiger partial charge in [-0.05, 0) is 38.3 Å². The zero-order chi connectivity index (χ0) is 13.2. The van der Waals surface area contributed by atoms with Crippen molar-refractivity contribution in [2.24, 2.45) is 0 Å². The highest BCUT2D eigenvalue weighted by Crippen LogP contribution is 2.42. The minimum absolute atomic E-state index is 0.133. The molecule has 3 nitrogen and oxygen atoms in total. The summed E-state index contributed by atoms with van der Waals surface area (Å²) >= 11 is 0.